The summed E-state index contributed by atoms with van der Waals surface area (Å²) in [5, 5.41) is 10.6. The van der Waals surface area contributed by atoms with E-state index in [2.05, 4.69) is 0 Å². The molecule has 3 aromatic carbocycles. The molecule has 0 saturated heterocycles. The largest absolute Gasteiger partial charge is 0.490 e. The fraction of sp³-hybridized carbons (Fsp3) is 0.240. The van der Waals surface area contributed by atoms with Gasteiger partial charge in [0.2, 0.25) is 0 Å². The number of carbonyl (C=O) groups is 1. The number of nitrogens with zero attached hydrogens (tertiary/aromatic N) is 1. The molecule has 2 atom stereocenters. The summed E-state index contributed by atoms with van der Waals surface area (Å²) in [6, 6.07) is 25.5. The standard InChI is InChI=1S/C25H27NO4/c1-19(24(27)20-9-5-3-6-10-20)26(2)25(28)21-13-15-23(16-14-21)30-18-17-29-22-11-7-4-8-12-22/h3-16,19,24,27H,17-18H2,1-2H3. The van der Waals surface area contributed by atoms with Gasteiger partial charge in [0.15, 0.2) is 0 Å². The van der Waals surface area contributed by atoms with Gasteiger partial charge in [-0.3, -0.25) is 4.79 Å². The summed E-state index contributed by atoms with van der Waals surface area (Å²) in [7, 11) is 1.70. The third kappa shape index (κ3) is 5.61. The zero-order valence-corrected chi connectivity index (χ0v) is 17.3. The summed E-state index contributed by atoms with van der Waals surface area (Å²) >= 11 is 0. The molecular weight excluding hydrogens is 378 g/mol. The number of aliphatic hydroxyl groups is 1. The van der Waals surface area contributed by atoms with E-state index >= 15 is 0 Å². The van der Waals surface area contributed by atoms with Gasteiger partial charge in [-0.15, -0.1) is 0 Å². The molecule has 0 bridgehead atoms. The van der Waals surface area contributed by atoms with Gasteiger partial charge in [0, 0.05) is 12.6 Å². The highest BCUT2D eigenvalue weighted by atomic mass is 16.5. The van der Waals surface area contributed by atoms with E-state index < -0.39 is 6.10 Å². The van der Waals surface area contributed by atoms with Crippen LogP contribution >= 0.6 is 0 Å². The molecule has 1 amide bonds. The van der Waals surface area contributed by atoms with Crippen LogP contribution in [0.2, 0.25) is 0 Å². The second kappa shape index (κ2) is 10.5. The van der Waals surface area contributed by atoms with Gasteiger partial charge in [0.25, 0.3) is 5.91 Å². The van der Waals surface area contributed by atoms with Crippen molar-refractivity contribution in [1.29, 1.82) is 0 Å². The molecule has 0 aliphatic heterocycles. The van der Waals surface area contributed by atoms with Crippen LogP contribution in [-0.4, -0.2) is 42.2 Å². The van der Waals surface area contributed by atoms with E-state index in [4.69, 9.17) is 9.47 Å². The lowest BCUT2D eigenvalue weighted by Gasteiger charge is -2.29. The summed E-state index contributed by atoms with van der Waals surface area (Å²) in [6.45, 7) is 2.67. The molecular formula is C25H27NO4. The number of benzene rings is 3. The average molecular weight is 405 g/mol. The van der Waals surface area contributed by atoms with Crippen molar-refractivity contribution < 1.29 is 19.4 Å². The zero-order chi connectivity index (χ0) is 21.3. The third-order valence-corrected chi connectivity index (χ3v) is 4.99. The van der Waals surface area contributed by atoms with Crippen LogP contribution in [0, 0.1) is 0 Å². The number of carbonyl (C=O) groups excluding carboxylic acids is 1. The maximum absolute atomic E-state index is 12.8. The molecule has 0 radical (unpaired) electrons. The predicted molar refractivity (Wildman–Crippen MR) is 117 cm³/mol. The monoisotopic (exact) mass is 405 g/mol. The Morgan fingerprint density at radius 3 is 1.90 bits per heavy atom. The van der Waals surface area contributed by atoms with E-state index in [9.17, 15) is 9.90 Å². The summed E-state index contributed by atoms with van der Waals surface area (Å²) in [4.78, 5) is 14.4. The van der Waals surface area contributed by atoms with Crippen LogP contribution in [0.4, 0.5) is 0 Å². The number of hydrogen-bond donors (Lipinski definition) is 1. The Labute approximate surface area is 177 Å². The maximum Gasteiger partial charge on any atom is 0.253 e. The van der Waals surface area contributed by atoms with Crippen molar-refractivity contribution in [3.05, 3.63) is 96.1 Å². The molecule has 156 valence electrons. The van der Waals surface area contributed by atoms with Gasteiger partial charge in [0.1, 0.15) is 24.7 Å². The van der Waals surface area contributed by atoms with Crippen molar-refractivity contribution in [1.82, 2.24) is 4.90 Å². The van der Waals surface area contributed by atoms with E-state index in [1.807, 2.05) is 67.6 Å². The van der Waals surface area contributed by atoms with Crippen LogP contribution in [0.25, 0.3) is 0 Å². The lowest BCUT2D eigenvalue weighted by molar-refractivity contribution is 0.0487. The van der Waals surface area contributed by atoms with E-state index in [1.54, 1.807) is 36.2 Å². The smallest absolute Gasteiger partial charge is 0.253 e. The molecule has 3 rings (SSSR count). The third-order valence-electron chi connectivity index (χ3n) is 4.99. The first-order valence-electron chi connectivity index (χ1n) is 9.97. The van der Waals surface area contributed by atoms with Gasteiger partial charge in [-0.25, -0.2) is 0 Å². The molecule has 5 nitrogen and oxygen atoms in total. The summed E-state index contributed by atoms with van der Waals surface area (Å²) < 4.78 is 11.3. The molecule has 0 aliphatic carbocycles. The lowest BCUT2D eigenvalue weighted by atomic mass is 10.0. The topological polar surface area (TPSA) is 59.0 Å². The van der Waals surface area contributed by atoms with Crippen molar-refractivity contribution in [2.75, 3.05) is 20.3 Å². The molecule has 5 heteroatoms. The van der Waals surface area contributed by atoms with Crippen LogP contribution < -0.4 is 9.47 Å². The minimum atomic E-state index is -0.757. The SMILES string of the molecule is CC(C(O)c1ccccc1)N(C)C(=O)c1ccc(OCCOc2ccccc2)cc1. The second-order valence-corrected chi connectivity index (χ2v) is 7.05. The molecule has 0 aliphatic rings. The minimum absolute atomic E-state index is 0.156. The number of likely N-dealkylation sites (N-methyl/N-ethyl adjacent to an activating group) is 1. The first-order chi connectivity index (χ1) is 14.6. The first kappa shape index (κ1) is 21.4. The Morgan fingerprint density at radius 2 is 1.33 bits per heavy atom. The first-order valence-corrected chi connectivity index (χ1v) is 9.97. The molecule has 0 spiro atoms. The number of hydrogen-bond acceptors (Lipinski definition) is 4. The highest BCUT2D eigenvalue weighted by molar-refractivity contribution is 5.94. The predicted octanol–water partition coefficient (Wildman–Crippen LogP) is 4.34. The van der Waals surface area contributed by atoms with Gasteiger partial charge in [-0.05, 0) is 48.9 Å². The van der Waals surface area contributed by atoms with E-state index in [1.165, 1.54) is 0 Å². The number of rotatable bonds is 9. The molecule has 1 N–H and O–H groups in total. The lowest BCUT2D eigenvalue weighted by Crippen LogP contribution is -2.39. The van der Waals surface area contributed by atoms with Crippen LogP contribution in [0.15, 0.2) is 84.9 Å². The van der Waals surface area contributed by atoms with Gasteiger partial charge >= 0.3 is 0 Å². The molecule has 0 saturated carbocycles. The Morgan fingerprint density at radius 1 is 0.833 bits per heavy atom. The number of para-hydroxylation sites is 1. The Bertz CT molecular complexity index is 913. The van der Waals surface area contributed by atoms with Crippen molar-refractivity contribution in [2.24, 2.45) is 0 Å². The molecule has 0 heterocycles. The number of amides is 1. The molecule has 3 aromatic rings. The average Bonchev–Trinajstić information content (AvgIpc) is 2.81. The van der Waals surface area contributed by atoms with Gasteiger partial charge in [-0.1, -0.05) is 48.5 Å². The van der Waals surface area contributed by atoms with Crippen LogP contribution in [0.3, 0.4) is 0 Å². The molecule has 30 heavy (non-hydrogen) atoms. The van der Waals surface area contributed by atoms with Crippen molar-refractivity contribution in [3.63, 3.8) is 0 Å². The van der Waals surface area contributed by atoms with Crippen molar-refractivity contribution >= 4 is 5.91 Å². The Kier molecular flexibility index (Phi) is 7.46. The summed E-state index contributed by atoms with van der Waals surface area (Å²) in [6.07, 6.45) is -0.757. The Balaban J connectivity index is 1.51. The van der Waals surface area contributed by atoms with Crippen molar-refractivity contribution in [2.45, 2.75) is 19.1 Å². The van der Waals surface area contributed by atoms with Crippen molar-refractivity contribution in [3.8, 4) is 11.5 Å². The van der Waals surface area contributed by atoms with Gasteiger partial charge in [-0.2, -0.15) is 0 Å². The van der Waals surface area contributed by atoms with Crippen LogP contribution in [-0.2, 0) is 0 Å². The van der Waals surface area contributed by atoms with E-state index in [0.29, 0.717) is 24.5 Å². The van der Waals surface area contributed by atoms with E-state index in [-0.39, 0.29) is 11.9 Å². The summed E-state index contributed by atoms with van der Waals surface area (Å²) in [5.74, 6) is 1.32. The fourth-order valence-corrected chi connectivity index (χ4v) is 3.06. The Hall–Kier alpha value is -3.31. The highest BCUT2D eigenvalue weighted by Gasteiger charge is 2.24. The molecule has 0 aromatic heterocycles. The van der Waals surface area contributed by atoms with Gasteiger partial charge < -0.3 is 19.5 Å². The molecule has 2 unspecified atom stereocenters. The molecule has 0 fully saturated rings. The van der Waals surface area contributed by atoms with Gasteiger partial charge in [0.05, 0.1) is 12.1 Å². The van der Waals surface area contributed by atoms with Crippen LogP contribution in [0.1, 0.15) is 28.9 Å². The maximum atomic E-state index is 12.8. The normalized spacial score (nSPS) is 12.6. The fourth-order valence-electron chi connectivity index (χ4n) is 3.06. The minimum Gasteiger partial charge on any atom is -0.490 e. The quantitative estimate of drug-likeness (QED) is 0.538. The number of ether oxygens (including phenoxy) is 2. The van der Waals surface area contributed by atoms with E-state index in [0.717, 1.165) is 11.3 Å². The highest BCUT2D eigenvalue weighted by Crippen LogP contribution is 2.22. The second-order valence-electron chi connectivity index (χ2n) is 7.05. The zero-order valence-electron chi connectivity index (χ0n) is 17.3. The van der Waals surface area contributed by atoms with Crippen LogP contribution in [0.5, 0.6) is 11.5 Å². The summed E-state index contributed by atoms with van der Waals surface area (Å²) in [5.41, 5.74) is 1.32. The number of aliphatic hydroxyl groups excluding tert-OH is 1.